The molecule has 1 heterocycles. The number of amides is 1. The first-order chi connectivity index (χ1) is 13.0. The molecule has 0 radical (unpaired) electrons. The highest BCUT2D eigenvalue weighted by molar-refractivity contribution is 9.10. The molecule has 0 unspecified atom stereocenters. The van der Waals surface area contributed by atoms with Gasteiger partial charge >= 0.3 is 0 Å². The molecule has 1 aromatic heterocycles. The summed E-state index contributed by atoms with van der Waals surface area (Å²) in [5.41, 5.74) is 9.75. The highest BCUT2D eigenvalue weighted by atomic mass is 79.9. The van der Waals surface area contributed by atoms with Gasteiger partial charge in [0.05, 0.1) is 26.3 Å². The Morgan fingerprint density at radius 3 is 2.48 bits per heavy atom. The molecule has 0 fully saturated rings. The van der Waals surface area contributed by atoms with Gasteiger partial charge in [-0.25, -0.2) is 0 Å². The summed E-state index contributed by atoms with van der Waals surface area (Å²) in [4.78, 5) is 11.9. The zero-order valence-corrected chi connectivity index (χ0v) is 17.0. The van der Waals surface area contributed by atoms with Crippen LogP contribution in [0.3, 0.4) is 0 Å². The SMILES string of the molecule is COc1cccc(Cn2c(-c3cccc(Br)c3)cc(C(N)=O)c2C)c1OC. The number of carbonyl (C=O) groups is 1. The molecule has 3 aromatic rings. The summed E-state index contributed by atoms with van der Waals surface area (Å²) >= 11 is 3.51. The lowest BCUT2D eigenvalue weighted by molar-refractivity contribution is 0.0999. The largest absolute Gasteiger partial charge is 0.493 e. The number of ether oxygens (including phenoxy) is 2. The normalized spacial score (nSPS) is 10.7. The van der Waals surface area contributed by atoms with Gasteiger partial charge in [-0.1, -0.05) is 40.2 Å². The highest BCUT2D eigenvalue weighted by Crippen LogP contribution is 2.34. The zero-order chi connectivity index (χ0) is 19.6. The van der Waals surface area contributed by atoms with Gasteiger partial charge in [-0.2, -0.15) is 0 Å². The number of para-hydroxylation sites is 1. The fraction of sp³-hybridized carbons (Fsp3) is 0.190. The van der Waals surface area contributed by atoms with Crippen LogP contribution in [0.2, 0.25) is 0 Å². The highest BCUT2D eigenvalue weighted by Gasteiger charge is 2.19. The van der Waals surface area contributed by atoms with E-state index in [2.05, 4.69) is 20.5 Å². The predicted molar refractivity (Wildman–Crippen MR) is 109 cm³/mol. The third kappa shape index (κ3) is 3.71. The number of methoxy groups -OCH3 is 2. The number of nitrogens with two attached hydrogens (primary N) is 1. The number of primary amides is 1. The molecule has 2 N–H and O–H groups in total. The quantitative estimate of drug-likeness (QED) is 0.632. The van der Waals surface area contributed by atoms with Crippen molar-refractivity contribution >= 4 is 21.8 Å². The Labute approximate surface area is 166 Å². The lowest BCUT2D eigenvalue weighted by atomic mass is 10.1. The fourth-order valence-corrected chi connectivity index (χ4v) is 3.63. The number of rotatable bonds is 6. The van der Waals surface area contributed by atoms with E-state index in [0.29, 0.717) is 23.6 Å². The van der Waals surface area contributed by atoms with E-state index >= 15 is 0 Å². The van der Waals surface area contributed by atoms with Crippen LogP contribution in [-0.4, -0.2) is 24.7 Å². The lowest BCUT2D eigenvalue weighted by Gasteiger charge is -2.16. The van der Waals surface area contributed by atoms with E-state index in [1.807, 2.05) is 55.5 Å². The molecular weight excluding hydrogens is 408 g/mol. The van der Waals surface area contributed by atoms with Gasteiger partial charge in [0.1, 0.15) is 0 Å². The summed E-state index contributed by atoms with van der Waals surface area (Å²) in [6.07, 6.45) is 0. The predicted octanol–water partition coefficient (Wildman–Crippen LogP) is 4.39. The van der Waals surface area contributed by atoms with E-state index in [4.69, 9.17) is 15.2 Å². The average Bonchev–Trinajstić information content (AvgIpc) is 2.98. The van der Waals surface area contributed by atoms with Crippen molar-refractivity contribution in [2.45, 2.75) is 13.5 Å². The molecule has 0 bridgehead atoms. The summed E-state index contributed by atoms with van der Waals surface area (Å²) < 4.78 is 14.0. The smallest absolute Gasteiger partial charge is 0.250 e. The molecule has 0 atom stereocenters. The van der Waals surface area contributed by atoms with Crippen LogP contribution in [0.15, 0.2) is 53.0 Å². The van der Waals surface area contributed by atoms with E-state index in [1.54, 1.807) is 14.2 Å². The van der Waals surface area contributed by atoms with Crippen LogP contribution in [0.25, 0.3) is 11.3 Å². The van der Waals surface area contributed by atoms with E-state index in [9.17, 15) is 4.79 Å². The maximum absolute atomic E-state index is 11.9. The number of hydrogen-bond donors (Lipinski definition) is 1. The molecule has 0 aliphatic heterocycles. The topological polar surface area (TPSA) is 66.5 Å². The summed E-state index contributed by atoms with van der Waals surface area (Å²) in [5, 5.41) is 0. The number of hydrogen-bond acceptors (Lipinski definition) is 3. The summed E-state index contributed by atoms with van der Waals surface area (Å²) in [6, 6.07) is 15.5. The van der Waals surface area contributed by atoms with Crippen molar-refractivity contribution in [2.75, 3.05) is 14.2 Å². The van der Waals surface area contributed by atoms with Crippen molar-refractivity contribution in [1.82, 2.24) is 4.57 Å². The van der Waals surface area contributed by atoms with Crippen molar-refractivity contribution in [3.05, 3.63) is 69.8 Å². The van der Waals surface area contributed by atoms with Crippen LogP contribution < -0.4 is 15.2 Å². The molecule has 27 heavy (non-hydrogen) atoms. The van der Waals surface area contributed by atoms with Crippen molar-refractivity contribution in [2.24, 2.45) is 5.73 Å². The van der Waals surface area contributed by atoms with Crippen molar-refractivity contribution in [3.8, 4) is 22.8 Å². The van der Waals surface area contributed by atoms with Crippen LogP contribution in [0.5, 0.6) is 11.5 Å². The monoisotopic (exact) mass is 428 g/mol. The van der Waals surface area contributed by atoms with Crippen LogP contribution >= 0.6 is 15.9 Å². The van der Waals surface area contributed by atoms with Crippen LogP contribution in [0.4, 0.5) is 0 Å². The van der Waals surface area contributed by atoms with Gasteiger partial charge in [0.25, 0.3) is 5.91 Å². The Kier molecular flexibility index (Phi) is 5.56. The molecular formula is C21H21BrN2O3. The van der Waals surface area contributed by atoms with Crippen molar-refractivity contribution in [1.29, 1.82) is 0 Å². The maximum atomic E-state index is 11.9. The second kappa shape index (κ2) is 7.88. The summed E-state index contributed by atoms with van der Waals surface area (Å²) in [5.74, 6) is 0.896. The molecule has 0 spiro atoms. The Bertz CT molecular complexity index is 995. The molecule has 0 saturated carbocycles. The Morgan fingerprint density at radius 2 is 1.85 bits per heavy atom. The Hall–Kier alpha value is -2.73. The minimum absolute atomic E-state index is 0.444. The van der Waals surface area contributed by atoms with Crippen molar-refractivity contribution in [3.63, 3.8) is 0 Å². The van der Waals surface area contributed by atoms with Crippen LogP contribution in [0, 0.1) is 6.92 Å². The van der Waals surface area contributed by atoms with Gasteiger partial charge in [0.2, 0.25) is 0 Å². The standard InChI is InChI=1S/C21H21BrN2O3/c1-13-17(21(23)25)11-18(14-6-4-8-16(22)10-14)24(13)12-15-7-5-9-19(26-2)20(15)27-3/h4-11H,12H2,1-3H3,(H2,23,25). The van der Waals surface area contributed by atoms with Gasteiger partial charge in [-0.3, -0.25) is 4.79 Å². The molecule has 0 saturated heterocycles. The number of carbonyl (C=O) groups excluding carboxylic acids is 1. The first-order valence-electron chi connectivity index (χ1n) is 8.42. The summed E-state index contributed by atoms with van der Waals surface area (Å²) in [7, 11) is 3.23. The maximum Gasteiger partial charge on any atom is 0.250 e. The number of aromatic nitrogens is 1. The van der Waals surface area contributed by atoms with Crippen LogP contribution in [-0.2, 0) is 6.54 Å². The van der Waals surface area contributed by atoms with Crippen LogP contribution in [0.1, 0.15) is 21.6 Å². The Balaban J connectivity index is 2.17. The molecule has 0 aliphatic rings. The number of nitrogens with zero attached hydrogens (tertiary/aromatic N) is 1. The Morgan fingerprint density at radius 1 is 1.11 bits per heavy atom. The minimum atomic E-state index is -0.444. The molecule has 2 aromatic carbocycles. The first kappa shape index (κ1) is 19.0. The third-order valence-corrected chi connectivity index (χ3v) is 5.06. The van der Waals surface area contributed by atoms with Crippen molar-refractivity contribution < 1.29 is 14.3 Å². The second-order valence-electron chi connectivity index (χ2n) is 6.14. The average molecular weight is 429 g/mol. The van der Waals surface area contributed by atoms with Gasteiger partial charge in [0, 0.05) is 21.4 Å². The molecule has 140 valence electrons. The minimum Gasteiger partial charge on any atom is -0.493 e. The summed E-state index contributed by atoms with van der Waals surface area (Å²) in [6.45, 7) is 2.41. The molecule has 5 nitrogen and oxygen atoms in total. The zero-order valence-electron chi connectivity index (χ0n) is 15.5. The number of halogens is 1. The van der Waals surface area contributed by atoms with Gasteiger partial charge in [-0.15, -0.1) is 0 Å². The molecule has 0 aliphatic carbocycles. The fourth-order valence-electron chi connectivity index (χ4n) is 3.23. The molecule has 3 rings (SSSR count). The number of benzene rings is 2. The van der Waals surface area contributed by atoms with Gasteiger partial charge in [0.15, 0.2) is 11.5 Å². The van der Waals surface area contributed by atoms with E-state index in [0.717, 1.165) is 27.0 Å². The molecule has 6 heteroatoms. The first-order valence-corrected chi connectivity index (χ1v) is 9.21. The lowest BCUT2D eigenvalue weighted by Crippen LogP contribution is -2.13. The van der Waals surface area contributed by atoms with E-state index < -0.39 is 5.91 Å². The van der Waals surface area contributed by atoms with Gasteiger partial charge in [-0.05, 0) is 36.8 Å². The van der Waals surface area contributed by atoms with E-state index in [1.165, 1.54) is 0 Å². The van der Waals surface area contributed by atoms with Gasteiger partial charge < -0.3 is 19.8 Å². The molecule has 1 amide bonds. The van der Waals surface area contributed by atoms with E-state index in [-0.39, 0.29) is 0 Å². The third-order valence-electron chi connectivity index (χ3n) is 4.57. The second-order valence-corrected chi connectivity index (χ2v) is 7.06.